The van der Waals surface area contributed by atoms with Crippen molar-refractivity contribution in [3.63, 3.8) is 0 Å². The van der Waals surface area contributed by atoms with Crippen molar-refractivity contribution in [2.75, 3.05) is 13.1 Å². The van der Waals surface area contributed by atoms with Gasteiger partial charge in [0.15, 0.2) is 0 Å². The number of amides is 1. The van der Waals surface area contributed by atoms with E-state index in [2.05, 4.69) is 22.1 Å². The average molecular weight is 276 g/mol. The highest BCUT2D eigenvalue weighted by Gasteiger charge is 2.29. The van der Waals surface area contributed by atoms with Crippen LogP contribution in [0.25, 0.3) is 0 Å². The number of imidazole rings is 1. The van der Waals surface area contributed by atoms with Gasteiger partial charge < -0.3 is 15.2 Å². The van der Waals surface area contributed by atoms with E-state index in [0.29, 0.717) is 5.92 Å². The van der Waals surface area contributed by atoms with Crippen molar-refractivity contribution < 1.29 is 4.79 Å². The van der Waals surface area contributed by atoms with E-state index in [1.54, 1.807) is 0 Å². The highest BCUT2D eigenvalue weighted by atomic mass is 16.2. The van der Waals surface area contributed by atoms with Gasteiger partial charge in [0, 0.05) is 50.6 Å². The van der Waals surface area contributed by atoms with E-state index >= 15 is 0 Å². The quantitative estimate of drug-likeness (QED) is 0.815. The Labute approximate surface area is 120 Å². The van der Waals surface area contributed by atoms with Crippen LogP contribution >= 0.6 is 0 Å². The topological polar surface area (TPSA) is 59.0 Å². The number of aryl methyl sites for hydroxylation is 1. The number of carbonyl (C=O) groups excluding carboxylic acids is 1. The molecule has 2 N–H and O–H groups in total. The lowest BCUT2D eigenvalue weighted by Crippen LogP contribution is -2.30. The molecule has 1 aromatic heterocycles. The molecule has 0 radical (unpaired) electrons. The minimum Gasteiger partial charge on any atom is -0.354 e. The van der Waals surface area contributed by atoms with Crippen molar-refractivity contribution in [3.05, 3.63) is 17.2 Å². The largest absolute Gasteiger partial charge is 0.354 e. The first-order valence-electron chi connectivity index (χ1n) is 7.85. The van der Waals surface area contributed by atoms with E-state index < -0.39 is 0 Å². The Morgan fingerprint density at radius 2 is 2.35 bits per heavy atom. The maximum atomic E-state index is 11.7. The van der Waals surface area contributed by atoms with Crippen molar-refractivity contribution >= 4 is 5.91 Å². The molecule has 20 heavy (non-hydrogen) atoms. The van der Waals surface area contributed by atoms with Gasteiger partial charge in [0.05, 0.1) is 5.69 Å². The highest BCUT2D eigenvalue weighted by molar-refractivity contribution is 5.80. The molecule has 1 fully saturated rings. The van der Waals surface area contributed by atoms with Gasteiger partial charge in [-0.25, -0.2) is 4.98 Å². The SMILES string of the molecule is CCCc1nc2c(n1CCNC(=O)C1CC1)CCNC2. The lowest BCUT2D eigenvalue weighted by atomic mass is 10.2. The first kappa shape index (κ1) is 13.6. The molecule has 1 aliphatic heterocycles. The molecule has 1 amide bonds. The number of rotatable bonds is 6. The van der Waals surface area contributed by atoms with Crippen LogP contribution in [0.3, 0.4) is 0 Å². The molecule has 1 saturated carbocycles. The average Bonchev–Trinajstić information content (AvgIpc) is 3.24. The Morgan fingerprint density at radius 1 is 1.50 bits per heavy atom. The van der Waals surface area contributed by atoms with Gasteiger partial charge in [-0.1, -0.05) is 6.92 Å². The molecule has 5 heteroatoms. The van der Waals surface area contributed by atoms with Gasteiger partial charge in [-0.2, -0.15) is 0 Å². The fraction of sp³-hybridized carbons (Fsp3) is 0.733. The predicted octanol–water partition coefficient (Wildman–Crippen LogP) is 1.01. The molecular formula is C15H24N4O. The third-order valence-corrected chi connectivity index (χ3v) is 4.12. The van der Waals surface area contributed by atoms with Crippen molar-refractivity contribution in [1.82, 2.24) is 20.2 Å². The molecule has 0 unspecified atom stereocenters. The summed E-state index contributed by atoms with van der Waals surface area (Å²) in [5.41, 5.74) is 2.57. The maximum absolute atomic E-state index is 11.7. The third-order valence-electron chi connectivity index (χ3n) is 4.12. The number of hydrogen-bond donors (Lipinski definition) is 2. The van der Waals surface area contributed by atoms with Gasteiger partial charge in [-0.05, 0) is 19.3 Å². The monoisotopic (exact) mass is 276 g/mol. The van der Waals surface area contributed by atoms with Gasteiger partial charge in [0.1, 0.15) is 5.82 Å². The predicted molar refractivity (Wildman–Crippen MR) is 77.4 cm³/mol. The molecule has 110 valence electrons. The zero-order valence-electron chi connectivity index (χ0n) is 12.2. The molecular weight excluding hydrogens is 252 g/mol. The summed E-state index contributed by atoms with van der Waals surface area (Å²) in [7, 11) is 0. The molecule has 2 aliphatic rings. The van der Waals surface area contributed by atoms with Crippen molar-refractivity contribution in [3.8, 4) is 0 Å². The Morgan fingerprint density at radius 3 is 3.10 bits per heavy atom. The van der Waals surface area contributed by atoms with Crippen LogP contribution in [-0.4, -0.2) is 28.5 Å². The van der Waals surface area contributed by atoms with Crippen LogP contribution in [0.5, 0.6) is 0 Å². The van der Waals surface area contributed by atoms with Gasteiger partial charge in [0.25, 0.3) is 0 Å². The van der Waals surface area contributed by atoms with E-state index in [-0.39, 0.29) is 5.91 Å². The summed E-state index contributed by atoms with van der Waals surface area (Å²) in [6, 6.07) is 0. The molecule has 1 aromatic rings. The van der Waals surface area contributed by atoms with Gasteiger partial charge in [-0.15, -0.1) is 0 Å². The van der Waals surface area contributed by atoms with Crippen molar-refractivity contribution in [1.29, 1.82) is 0 Å². The summed E-state index contributed by atoms with van der Waals surface area (Å²) in [4.78, 5) is 16.5. The Hall–Kier alpha value is -1.36. The second-order valence-corrected chi connectivity index (χ2v) is 5.82. The Bertz CT molecular complexity index is 490. The second kappa shape index (κ2) is 5.95. The number of carbonyl (C=O) groups is 1. The van der Waals surface area contributed by atoms with Gasteiger partial charge in [-0.3, -0.25) is 4.79 Å². The minimum atomic E-state index is 0.234. The van der Waals surface area contributed by atoms with Crippen molar-refractivity contribution in [2.24, 2.45) is 5.92 Å². The molecule has 0 bridgehead atoms. The molecule has 0 atom stereocenters. The smallest absolute Gasteiger partial charge is 0.223 e. The van der Waals surface area contributed by atoms with Gasteiger partial charge in [0.2, 0.25) is 5.91 Å². The van der Waals surface area contributed by atoms with Crippen molar-refractivity contribution in [2.45, 2.75) is 52.1 Å². The van der Waals surface area contributed by atoms with E-state index in [1.165, 1.54) is 17.2 Å². The number of nitrogens with one attached hydrogen (secondary N) is 2. The molecule has 2 heterocycles. The van der Waals surface area contributed by atoms with Gasteiger partial charge >= 0.3 is 0 Å². The zero-order chi connectivity index (χ0) is 13.9. The van der Waals surface area contributed by atoms with E-state index in [4.69, 9.17) is 4.98 Å². The molecule has 0 spiro atoms. The van der Waals surface area contributed by atoms with Crippen LogP contribution in [0, 0.1) is 5.92 Å². The lowest BCUT2D eigenvalue weighted by molar-refractivity contribution is -0.122. The summed E-state index contributed by atoms with van der Waals surface area (Å²) in [6.45, 7) is 5.68. The summed E-state index contributed by atoms with van der Waals surface area (Å²) < 4.78 is 2.34. The fourth-order valence-electron chi connectivity index (χ4n) is 2.89. The van der Waals surface area contributed by atoms with E-state index in [9.17, 15) is 4.79 Å². The molecule has 0 aromatic carbocycles. The maximum Gasteiger partial charge on any atom is 0.223 e. The number of hydrogen-bond acceptors (Lipinski definition) is 3. The Kier molecular flexibility index (Phi) is 4.05. The first-order chi connectivity index (χ1) is 9.79. The fourth-order valence-corrected chi connectivity index (χ4v) is 2.89. The van der Waals surface area contributed by atoms with Crippen LogP contribution in [0.1, 0.15) is 43.4 Å². The zero-order valence-corrected chi connectivity index (χ0v) is 12.2. The first-order valence-corrected chi connectivity index (χ1v) is 7.85. The summed E-state index contributed by atoms with van der Waals surface area (Å²) >= 11 is 0. The van der Waals surface area contributed by atoms with Crippen LogP contribution in [0.4, 0.5) is 0 Å². The van der Waals surface area contributed by atoms with Crippen LogP contribution in [-0.2, 0) is 30.7 Å². The standard InChI is InChI=1S/C15H24N4O/c1-2-3-14-18-12-10-16-7-6-13(12)19(14)9-8-17-15(20)11-4-5-11/h11,16H,2-10H2,1H3,(H,17,20). The summed E-state index contributed by atoms with van der Waals surface area (Å²) in [5.74, 6) is 1.71. The normalized spacial score (nSPS) is 17.9. The molecule has 1 aliphatic carbocycles. The third kappa shape index (κ3) is 2.87. The summed E-state index contributed by atoms with van der Waals surface area (Å²) in [5, 5.41) is 6.43. The number of nitrogens with zero attached hydrogens (tertiary/aromatic N) is 2. The van der Waals surface area contributed by atoms with Crippen LogP contribution in [0.15, 0.2) is 0 Å². The lowest BCUT2D eigenvalue weighted by Gasteiger charge is -2.16. The number of fused-ring (bicyclic) bond motifs is 1. The van der Waals surface area contributed by atoms with E-state index in [0.717, 1.165) is 58.3 Å². The van der Waals surface area contributed by atoms with E-state index in [1.807, 2.05) is 0 Å². The summed E-state index contributed by atoms with van der Waals surface area (Å²) in [6.07, 6.45) is 5.31. The minimum absolute atomic E-state index is 0.234. The molecule has 3 rings (SSSR count). The second-order valence-electron chi connectivity index (χ2n) is 5.82. The molecule has 0 saturated heterocycles. The highest BCUT2D eigenvalue weighted by Crippen LogP contribution is 2.28. The Balaban J connectivity index is 1.66. The van der Waals surface area contributed by atoms with Crippen LogP contribution in [0.2, 0.25) is 0 Å². The molecule has 5 nitrogen and oxygen atoms in total. The van der Waals surface area contributed by atoms with Crippen LogP contribution < -0.4 is 10.6 Å². The number of aromatic nitrogens is 2.